The highest BCUT2D eigenvalue weighted by Crippen LogP contribution is 1.96. The average molecular weight is 215 g/mol. The third kappa shape index (κ3) is 2.77. The first kappa shape index (κ1) is 10.6. The van der Waals surface area contributed by atoms with Crippen LogP contribution in [0.4, 0.5) is 0 Å². The monoisotopic (exact) mass is 215 g/mol. The summed E-state index contributed by atoms with van der Waals surface area (Å²) in [6.07, 6.45) is 1.34. The summed E-state index contributed by atoms with van der Waals surface area (Å²) in [5.74, 6) is -1.95. The van der Waals surface area contributed by atoms with Gasteiger partial charge in [0.1, 0.15) is 0 Å². The van der Waals surface area contributed by atoms with Gasteiger partial charge in [-0.2, -0.15) is 8.75 Å². The summed E-state index contributed by atoms with van der Waals surface area (Å²) in [5, 5.41) is 11.0. The molecule has 1 aromatic rings. The number of nitrogens with one attached hydrogen (secondary N) is 1. The minimum atomic E-state index is -0.943. The molecule has 0 saturated carbocycles. The van der Waals surface area contributed by atoms with E-state index < -0.39 is 17.8 Å². The highest BCUT2D eigenvalue weighted by molar-refractivity contribution is 6.99. The molecule has 0 fully saturated rings. The SMILES string of the molecule is CC(CNC(=O)c1cnsn1)C(=O)O. The van der Waals surface area contributed by atoms with E-state index in [2.05, 4.69) is 14.1 Å². The fourth-order valence-corrected chi connectivity index (χ4v) is 1.10. The number of amides is 1. The van der Waals surface area contributed by atoms with Gasteiger partial charge in [-0.1, -0.05) is 6.92 Å². The summed E-state index contributed by atoms with van der Waals surface area (Å²) in [5.41, 5.74) is 0.215. The van der Waals surface area contributed by atoms with Gasteiger partial charge < -0.3 is 10.4 Å². The second kappa shape index (κ2) is 4.66. The zero-order valence-corrected chi connectivity index (χ0v) is 8.24. The lowest BCUT2D eigenvalue weighted by Crippen LogP contribution is -2.31. The molecule has 14 heavy (non-hydrogen) atoms. The number of carbonyl (C=O) groups excluding carboxylic acids is 1. The van der Waals surface area contributed by atoms with E-state index in [1.54, 1.807) is 0 Å². The molecule has 1 atom stereocenters. The van der Waals surface area contributed by atoms with E-state index in [9.17, 15) is 9.59 Å². The fraction of sp³-hybridized carbons (Fsp3) is 0.429. The smallest absolute Gasteiger partial charge is 0.308 e. The molecule has 0 aliphatic rings. The van der Waals surface area contributed by atoms with Gasteiger partial charge in [-0.25, -0.2) is 0 Å². The number of hydrogen-bond acceptors (Lipinski definition) is 5. The van der Waals surface area contributed by atoms with Crippen LogP contribution in [0.15, 0.2) is 6.20 Å². The Hall–Kier alpha value is -1.50. The van der Waals surface area contributed by atoms with Crippen molar-refractivity contribution in [3.8, 4) is 0 Å². The average Bonchev–Trinajstić information content (AvgIpc) is 2.66. The van der Waals surface area contributed by atoms with Crippen molar-refractivity contribution in [1.29, 1.82) is 0 Å². The van der Waals surface area contributed by atoms with Crippen molar-refractivity contribution in [3.63, 3.8) is 0 Å². The third-order valence-corrected chi connectivity index (χ3v) is 2.06. The lowest BCUT2D eigenvalue weighted by molar-refractivity contribution is -0.140. The highest BCUT2D eigenvalue weighted by atomic mass is 32.1. The summed E-state index contributed by atoms with van der Waals surface area (Å²) >= 11 is 0.931. The Bertz CT molecular complexity index is 325. The molecule has 1 rings (SSSR count). The first-order valence-corrected chi connectivity index (χ1v) is 4.63. The van der Waals surface area contributed by atoms with E-state index in [0.29, 0.717) is 0 Å². The molecule has 7 heteroatoms. The van der Waals surface area contributed by atoms with Crippen LogP contribution >= 0.6 is 11.7 Å². The maximum Gasteiger partial charge on any atom is 0.308 e. The second-order valence-electron chi connectivity index (χ2n) is 2.74. The summed E-state index contributed by atoms with van der Waals surface area (Å²) in [7, 11) is 0. The molecule has 2 N–H and O–H groups in total. The van der Waals surface area contributed by atoms with E-state index >= 15 is 0 Å². The second-order valence-corrected chi connectivity index (χ2v) is 3.30. The number of aliphatic carboxylic acids is 1. The number of hydrogen-bond donors (Lipinski definition) is 2. The molecule has 0 aromatic carbocycles. The third-order valence-electron chi connectivity index (χ3n) is 1.58. The molecule has 6 nitrogen and oxygen atoms in total. The van der Waals surface area contributed by atoms with Crippen LogP contribution in [0.2, 0.25) is 0 Å². The highest BCUT2D eigenvalue weighted by Gasteiger charge is 2.14. The van der Waals surface area contributed by atoms with Crippen molar-refractivity contribution in [2.75, 3.05) is 6.54 Å². The van der Waals surface area contributed by atoms with Crippen LogP contribution < -0.4 is 5.32 Å². The number of carboxylic acids is 1. The van der Waals surface area contributed by atoms with Crippen molar-refractivity contribution in [2.45, 2.75) is 6.92 Å². The zero-order chi connectivity index (χ0) is 10.6. The lowest BCUT2D eigenvalue weighted by atomic mass is 10.2. The minimum absolute atomic E-state index is 0.0890. The van der Waals surface area contributed by atoms with E-state index in [0.717, 1.165) is 11.7 Å². The molecule has 0 saturated heterocycles. The molecule has 1 unspecified atom stereocenters. The summed E-state index contributed by atoms with van der Waals surface area (Å²) in [4.78, 5) is 21.7. The van der Waals surface area contributed by atoms with E-state index in [1.807, 2.05) is 0 Å². The van der Waals surface area contributed by atoms with Crippen molar-refractivity contribution in [3.05, 3.63) is 11.9 Å². The number of carbonyl (C=O) groups is 2. The number of carboxylic acid groups (broad SMARTS) is 1. The summed E-state index contributed by atoms with van der Waals surface area (Å²) in [6.45, 7) is 1.60. The molecule has 0 aliphatic carbocycles. The topological polar surface area (TPSA) is 92.2 Å². The number of rotatable bonds is 4. The van der Waals surface area contributed by atoms with Crippen molar-refractivity contribution in [1.82, 2.24) is 14.1 Å². The van der Waals surface area contributed by atoms with Crippen LogP contribution in [-0.4, -0.2) is 32.3 Å². The molecule has 1 amide bonds. The Labute approximate surface area is 84.3 Å². The molecular formula is C7H9N3O3S. The Morgan fingerprint density at radius 3 is 2.93 bits per heavy atom. The molecule has 0 radical (unpaired) electrons. The molecule has 1 heterocycles. The van der Waals surface area contributed by atoms with Gasteiger partial charge in [0.05, 0.1) is 23.8 Å². The first-order chi connectivity index (χ1) is 6.61. The normalized spacial score (nSPS) is 12.1. The fourth-order valence-electron chi connectivity index (χ4n) is 0.688. The maximum absolute atomic E-state index is 11.2. The predicted octanol–water partition coefficient (Wildman–Crippen LogP) is -0.0114. The van der Waals surface area contributed by atoms with Crippen LogP contribution in [0.1, 0.15) is 17.4 Å². The molecule has 0 aliphatic heterocycles. The number of aromatic nitrogens is 2. The quantitative estimate of drug-likeness (QED) is 0.736. The lowest BCUT2D eigenvalue weighted by Gasteiger charge is -2.06. The minimum Gasteiger partial charge on any atom is -0.481 e. The Kier molecular flexibility index (Phi) is 3.52. The van der Waals surface area contributed by atoms with Crippen LogP contribution in [0, 0.1) is 5.92 Å². The van der Waals surface area contributed by atoms with Crippen LogP contribution in [0.5, 0.6) is 0 Å². The number of nitrogens with zero attached hydrogens (tertiary/aromatic N) is 2. The van der Waals surface area contributed by atoms with Gasteiger partial charge in [-0.15, -0.1) is 0 Å². The van der Waals surface area contributed by atoms with E-state index in [1.165, 1.54) is 13.1 Å². The standard InChI is InChI=1S/C7H9N3O3S/c1-4(7(12)13)2-8-6(11)5-3-9-14-10-5/h3-4H,2H2,1H3,(H,8,11)(H,12,13). The van der Waals surface area contributed by atoms with Gasteiger partial charge in [0.15, 0.2) is 5.69 Å². The predicted molar refractivity (Wildman–Crippen MR) is 49.0 cm³/mol. The van der Waals surface area contributed by atoms with Crippen molar-refractivity contribution >= 4 is 23.6 Å². The van der Waals surface area contributed by atoms with Gasteiger partial charge in [0, 0.05) is 6.54 Å². The largest absolute Gasteiger partial charge is 0.481 e. The van der Waals surface area contributed by atoms with E-state index in [-0.39, 0.29) is 12.2 Å². The molecular weight excluding hydrogens is 206 g/mol. The van der Waals surface area contributed by atoms with Crippen LogP contribution in [0.25, 0.3) is 0 Å². The van der Waals surface area contributed by atoms with Gasteiger partial charge in [0.25, 0.3) is 5.91 Å². The first-order valence-electron chi connectivity index (χ1n) is 3.90. The Morgan fingerprint density at radius 1 is 1.71 bits per heavy atom. The summed E-state index contributed by atoms with van der Waals surface area (Å²) < 4.78 is 7.37. The van der Waals surface area contributed by atoms with Gasteiger partial charge >= 0.3 is 5.97 Å². The summed E-state index contributed by atoms with van der Waals surface area (Å²) in [6, 6.07) is 0. The van der Waals surface area contributed by atoms with Crippen LogP contribution in [-0.2, 0) is 4.79 Å². The van der Waals surface area contributed by atoms with E-state index in [4.69, 9.17) is 5.11 Å². The molecule has 0 spiro atoms. The van der Waals surface area contributed by atoms with Gasteiger partial charge in [-0.05, 0) is 0 Å². The Balaban J connectivity index is 2.40. The molecule has 1 aromatic heterocycles. The van der Waals surface area contributed by atoms with Crippen LogP contribution in [0.3, 0.4) is 0 Å². The van der Waals surface area contributed by atoms with Gasteiger partial charge in [0.2, 0.25) is 0 Å². The molecule has 0 bridgehead atoms. The van der Waals surface area contributed by atoms with Gasteiger partial charge in [-0.3, -0.25) is 9.59 Å². The Morgan fingerprint density at radius 2 is 2.43 bits per heavy atom. The molecule has 76 valence electrons. The zero-order valence-electron chi connectivity index (χ0n) is 7.43. The maximum atomic E-state index is 11.2. The van der Waals surface area contributed by atoms with Crippen molar-refractivity contribution in [2.24, 2.45) is 5.92 Å². The van der Waals surface area contributed by atoms with Crippen molar-refractivity contribution < 1.29 is 14.7 Å².